The monoisotopic (exact) mass is 422 g/mol. The molecule has 2 aromatic rings. The third-order valence-corrected chi connectivity index (χ3v) is 4.08. The summed E-state index contributed by atoms with van der Waals surface area (Å²) in [4.78, 5) is 24.8. The average molecular weight is 423 g/mol. The molecule has 29 heavy (non-hydrogen) atoms. The Kier molecular flexibility index (Phi) is 7.97. The van der Waals surface area contributed by atoms with Gasteiger partial charge in [0.15, 0.2) is 23.0 Å². The van der Waals surface area contributed by atoms with Crippen molar-refractivity contribution in [1.29, 1.82) is 0 Å². The second kappa shape index (κ2) is 10.4. The number of hydrogen-bond acceptors (Lipinski definition) is 6. The third kappa shape index (κ3) is 5.45. The molecule has 0 fully saturated rings. The van der Waals surface area contributed by atoms with Crippen LogP contribution in [0, 0.1) is 0 Å². The Labute approximate surface area is 174 Å². The van der Waals surface area contributed by atoms with Crippen molar-refractivity contribution < 1.29 is 28.5 Å². The third-order valence-electron chi connectivity index (χ3n) is 3.80. The zero-order chi connectivity index (χ0) is 21.4. The highest BCUT2D eigenvalue weighted by atomic mass is 35.5. The van der Waals surface area contributed by atoms with Gasteiger partial charge in [0.1, 0.15) is 0 Å². The summed E-state index contributed by atoms with van der Waals surface area (Å²) >= 11 is 6.17. The Morgan fingerprint density at radius 1 is 0.828 bits per heavy atom. The molecule has 0 saturated carbocycles. The van der Waals surface area contributed by atoms with Crippen LogP contribution in [0.3, 0.4) is 0 Å². The molecule has 0 bridgehead atoms. The maximum Gasteiger partial charge on any atom is 0.269 e. The topological polar surface area (TPSA) is 95.1 Å². The van der Waals surface area contributed by atoms with Crippen molar-refractivity contribution in [3.05, 3.63) is 46.5 Å². The van der Waals surface area contributed by atoms with E-state index in [2.05, 4.69) is 10.9 Å². The number of methoxy groups -OCH3 is 2. The second-order valence-corrected chi connectivity index (χ2v) is 6.04. The summed E-state index contributed by atoms with van der Waals surface area (Å²) in [7, 11) is 2.92. The number of hydrogen-bond donors (Lipinski definition) is 2. The van der Waals surface area contributed by atoms with E-state index < -0.39 is 11.8 Å². The molecule has 0 spiro atoms. The molecule has 0 saturated heterocycles. The van der Waals surface area contributed by atoms with E-state index in [1.807, 2.05) is 13.8 Å². The van der Waals surface area contributed by atoms with E-state index in [4.69, 9.17) is 30.5 Å². The van der Waals surface area contributed by atoms with E-state index in [1.165, 1.54) is 32.4 Å². The smallest absolute Gasteiger partial charge is 0.269 e. The zero-order valence-electron chi connectivity index (χ0n) is 16.6. The number of hydrazine groups is 1. The van der Waals surface area contributed by atoms with Crippen LogP contribution in [-0.4, -0.2) is 39.2 Å². The van der Waals surface area contributed by atoms with Gasteiger partial charge in [-0.1, -0.05) is 11.6 Å². The van der Waals surface area contributed by atoms with Gasteiger partial charge in [0.25, 0.3) is 11.8 Å². The van der Waals surface area contributed by atoms with Crippen molar-refractivity contribution in [2.75, 3.05) is 27.4 Å². The number of halogens is 1. The Bertz CT molecular complexity index is 888. The lowest BCUT2D eigenvalue weighted by Crippen LogP contribution is -2.41. The van der Waals surface area contributed by atoms with E-state index in [0.29, 0.717) is 36.2 Å². The number of carbonyl (C=O) groups excluding carboxylic acids is 2. The highest BCUT2D eigenvalue weighted by Gasteiger charge is 2.17. The summed E-state index contributed by atoms with van der Waals surface area (Å²) in [6, 6.07) is 7.60. The number of rotatable bonds is 8. The average Bonchev–Trinajstić information content (AvgIpc) is 2.73. The zero-order valence-corrected chi connectivity index (χ0v) is 17.4. The van der Waals surface area contributed by atoms with E-state index in [9.17, 15) is 9.59 Å². The standard InChI is InChI=1S/C20H23ClN2O6/c1-5-28-15-8-7-12(10-16(15)26-3)19(24)22-23-20(25)13-9-14(21)18(29-6-2)17(11-13)27-4/h7-11H,5-6H2,1-4H3,(H,22,24)(H,23,25). The first kappa shape index (κ1) is 22.2. The first-order valence-corrected chi connectivity index (χ1v) is 9.24. The first-order valence-electron chi connectivity index (χ1n) is 8.86. The van der Waals surface area contributed by atoms with Crippen LogP contribution in [0.4, 0.5) is 0 Å². The van der Waals surface area contributed by atoms with Crippen LogP contribution >= 0.6 is 11.6 Å². The van der Waals surface area contributed by atoms with E-state index >= 15 is 0 Å². The molecule has 0 aliphatic rings. The van der Waals surface area contributed by atoms with Gasteiger partial charge in [-0.3, -0.25) is 20.4 Å². The minimum absolute atomic E-state index is 0.194. The quantitative estimate of drug-likeness (QED) is 0.634. The predicted octanol–water partition coefficient (Wildman–Crippen LogP) is 3.23. The number of ether oxygens (including phenoxy) is 4. The lowest BCUT2D eigenvalue weighted by atomic mass is 10.2. The van der Waals surface area contributed by atoms with Gasteiger partial charge in [0, 0.05) is 11.1 Å². The number of benzene rings is 2. The Balaban J connectivity index is 2.10. The van der Waals surface area contributed by atoms with Crippen LogP contribution in [0.15, 0.2) is 30.3 Å². The molecule has 0 unspecified atom stereocenters. The van der Waals surface area contributed by atoms with E-state index in [-0.39, 0.29) is 16.1 Å². The summed E-state index contributed by atoms with van der Waals surface area (Å²) in [6.45, 7) is 4.51. The molecular formula is C20H23ClN2O6. The molecule has 0 radical (unpaired) electrons. The van der Waals surface area contributed by atoms with Crippen molar-refractivity contribution in [2.24, 2.45) is 0 Å². The van der Waals surface area contributed by atoms with Gasteiger partial charge in [-0.05, 0) is 44.2 Å². The fourth-order valence-corrected chi connectivity index (χ4v) is 2.74. The van der Waals surface area contributed by atoms with Gasteiger partial charge < -0.3 is 18.9 Å². The molecule has 156 valence electrons. The van der Waals surface area contributed by atoms with Crippen LogP contribution in [0.1, 0.15) is 34.6 Å². The Morgan fingerprint density at radius 2 is 1.41 bits per heavy atom. The van der Waals surface area contributed by atoms with Crippen LogP contribution in [0.25, 0.3) is 0 Å². The van der Waals surface area contributed by atoms with Gasteiger partial charge in [0.2, 0.25) is 0 Å². The predicted molar refractivity (Wildman–Crippen MR) is 108 cm³/mol. The fourth-order valence-electron chi connectivity index (χ4n) is 2.48. The molecule has 2 N–H and O–H groups in total. The highest BCUT2D eigenvalue weighted by molar-refractivity contribution is 6.32. The van der Waals surface area contributed by atoms with E-state index in [1.54, 1.807) is 12.1 Å². The molecule has 0 aromatic heterocycles. The lowest BCUT2D eigenvalue weighted by Gasteiger charge is -2.14. The largest absolute Gasteiger partial charge is 0.493 e. The van der Waals surface area contributed by atoms with Gasteiger partial charge >= 0.3 is 0 Å². The number of amides is 2. The first-order chi connectivity index (χ1) is 13.9. The molecule has 0 atom stereocenters. The maximum absolute atomic E-state index is 12.4. The molecule has 2 rings (SSSR count). The van der Waals surface area contributed by atoms with Crippen molar-refractivity contribution in [3.63, 3.8) is 0 Å². The Morgan fingerprint density at radius 3 is 2.00 bits per heavy atom. The summed E-state index contributed by atoms with van der Waals surface area (Å²) in [5.74, 6) is 0.495. The number of nitrogens with one attached hydrogen (secondary N) is 2. The van der Waals surface area contributed by atoms with Crippen molar-refractivity contribution in [1.82, 2.24) is 10.9 Å². The van der Waals surface area contributed by atoms with Gasteiger partial charge in [0.05, 0.1) is 32.5 Å². The van der Waals surface area contributed by atoms with E-state index in [0.717, 1.165) is 0 Å². The van der Waals surface area contributed by atoms with Crippen LogP contribution in [-0.2, 0) is 0 Å². The summed E-state index contributed by atoms with van der Waals surface area (Å²) < 4.78 is 21.3. The van der Waals surface area contributed by atoms with Gasteiger partial charge in [-0.2, -0.15) is 0 Å². The minimum atomic E-state index is -0.570. The summed E-state index contributed by atoms with van der Waals surface area (Å²) in [6.07, 6.45) is 0. The van der Waals surface area contributed by atoms with Gasteiger partial charge in [-0.15, -0.1) is 0 Å². The number of carbonyl (C=O) groups is 2. The minimum Gasteiger partial charge on any atom is -0.493 e. The van der Waals surface area contributed by atoms with Crippen molar-refractivity contribution >= 4 is 23.4 Å². The molecule has 0 aliphatic heterocycles. The molecular weight excluding hydrogens is 400 g/mol. The van der Waals surface area contributed by atoms with Crippen molar-refractivity contribution in [3.8, 4) is 23.0 Å². The molecule has 9 heteroatoms. The molecule has 2 amide bonds. The lowest BCUT2D eigenvalue weighted by molar-refractivity contribution is 0.0846. The summed E-state index contributed by atoms with van der Waals surface area (Å²) in [5.41, 5.74) is 5.17. The SMILES string of the molecule is CCOc1ccc(C(=O)NNC(=O)c2cc(Cl)c(OCC)c(OC)c2)cc1OC. The normalized spacial score (nSPS) is 10.1. The summed E-state index contributed by atoms with van der Waals surface area (Å²) in [5, 5.41) is 0.221. The van der Waals surface area contributed by atoms with Crippen LogP contribution < -0.4 is 29.8 Å². The fraction of sp³-hybridized carbons (Fsp3) is 0.300. The van der Waals surface area contributed by atoms with Crippen LogP contribution in [0.5, 0.6) is 23.0 Å². The van der Waals surface area contributed by atoms with Crippen molar-refractivity contribution in [2.45, 2.75) is 13.8 Å². The molecule has 0 aliphatic carbocycles. The maximum atomic E-state index is 12.4. The molecule has 8 nitrogen and oxygen atoms in total. The second-order valence-electron chi connectivity index (χ2n) is 5.63. The van der Waals surface area contributed by atoms with Gasteiger partial charge in [-0.25, -0.2) is 0 Å². The molecule has 2 aromatic carbocycles. The van der Waals surface area contributed by atoms with Crippen LogP contribution in [0.2, 0.25) is 5.02 Å². The molecule has 0 heterocycles. The Hall–Kier alpha value is -3.13. The highest BCUT2D eigenvalue weighted by Crippen LogP contribution is 2.36.